The SMILES string of the molecule is Nc1cc2c(c(S(=O)(=O)NCC(F)(F)CO)c1)OCCC2. The van der Waals surface area contributed by atoms with Crippen LogP contribution < -0.4 is 15.2 Å². The number of hydrogen-bond acceptors (Lipinski definition) is 5. The largest absolute Gasteiger partial charge is 0.492 e. The number of nitrogens with one attached hydrogen (secondary N) is 1. The molecule has 1 aromatic carbocycles. The Morgan fingerprint density at radius 1 is 1.43 bits per heavy atom. The van der Waals surface area contributed by atoms with Gasteiger partial charge in [-0.3, -0.25) is 0 Å². The maximum atomic E-state index is 13.0. The van der Waals surface area contributed by atoms with Crippen molar-refractivity contribution in [3.63, 3.8) is 0 Å². The molecule has 0 fully saturated rings. The zero-order valence-electron chi connectivity index (χ0n) is 11.1. The van der Waals surface area contributed by atoms with Gasteiger partial charge in [0, 0.05) is 5.69 Å². The van der Waals surface area contributed by atoms with Gasteiger partial charge >= 0.3 is 0 Å². The van der Waals surface area contributed by atoms with E-state index in [0.29, 0.717) is 18.6 Å². The van der Waals surface area contributed by atoms with Crippen molar-refractivity contribution in [1.29, 1.82) is 0 Å². The van der Waals surface area contributed by atoms with Crippen molar-refractivity contribution in [1.82, 2.24) is 4.72 Å². The maximum Gasteiger partial charge on any atom is 0.283 e. The molecule has 0 atom stereocenters. The molecule has 1 aromatic rings. The normalized spacial score (nSPS) is 15.4. The fourth-order valence-corrected chi connectivity index (χ4v) is 3.29. The highest BCUT2D eigenvalue weighted by Crippen LogP contribution is 2.34. The Balaban J connectivity index is 2.34. The van der Waals surface area contributed by atoms with E-state index < -0.39 is 29.1 Å². The van der Waals surface area contributed by atoms with E-state index in [-0.39, 0.29) is 16.3 Å². The summed E-state index contributed by atoms with van der Waals surface area (Å²) >= 11 is 0. The standard InChI is InChI=1S/C12H16F2N2O4S/c13-12(14,7-17)6-16-21(18,19)10-5-9(15)4-8-2-1-3-20-11(8)10/h4-5,16-17H,1-3,6-7,15H2. The van der Waals surface area contributed by atoms with E-state index in [4.69, 9.17) is 15.6 Å². The van der Waals surface area contributed by atoms with Crippen molar-refractivity contribution in [2.45, 2.75) is 23.7 Å². The Labute approximate surface area is 121 Å². The van der Waals surface area contributed by atoms with Crippen LogP contribution in [0.2, 0.25) is 0 Å². The molecule has 9 heteroatoms. The van der Waals surface area contributed by atoms with Crippen molar-refractivity contribution in [2.75, 3.05) is 25.5 Å². The number of anilines is 1. The quantitative estimate of drug-likeness (QED) is 0.685. The Hall–Kier alpha value is -1.45. The molecule has 0 aliphatic carbocycles. The van der Waals surface area contributed by atoms with E-state index in [1.54, 1.807) is 10.8 Å². The summed E-state index contributed by atoms with van der Waals surface area (Å²) in [6.07, 6.45) is 1.33. The number of nitrogen functional groups attached to an aromatic ring is 1. The average Bonchev–Trinajstić information content (AvgIpc) is 2.44. The summed E-state index contributed by atoms with van der Waals surface area (Å²) in [6.45, 7) is -2.29. The summed E-state index contributed by atoms with van der Waals surface area (Å²) in [5.41, 5.74) is 6.50. The monoisotopic (exact) mass is 322 g/mol. The molecule has 1 aliphatic rings. The Bertz CT molecular complexity index is 634. The number of halogens is 2. The van der Waals surface area contributed by atoms with Crippen LogP contribution in [0.1, 0.15) is 12.0 Å². The van der Waals surface area contributed by atoms with Gasteiger partial charge in [0.05, 0.1) is 13.2 Å². The molecule has 118 valence electrons. The molecule has 2 rings (SSSR count). The van der Waals surface area contributed by atoms with Gasteiger partial charge in [-0.15, -0.1) is 0 Å². The fraction of sp³-hybridized carbons (Fsp3) is 0.500. The first-order valence-electron chi connectivity index (χ1n) is 6.29. The van der Waals surface area contributed by atoms with Crippen LogP contribution in [0.5, 0.6) is 5.75 Å². The van der Waals surface area contributed by atoms with Crippen molar-refractivity contribution in [3.8, 4) is 5.75 Å². The van der Waals surface area contributed by atoms with Crippen LogP contribution in [0.4, 0.5) is 14.5 Å². The molecule has 4 N–H and O–H groups in total. The molecule has 0 radical (unpaired) electrons. The van der Waals surface area contributed by atoms with Gasteiger partial charge in [-0.25, -0.2) is 21.9 Å². The summed E-state index contributed by atoms with van der Waals surface area (Å²) in [4.78, 5) is -0.258. The third kappa shape index (κ3) is 3.60. The maximum absolute atomic E-state index is 13.0. The number of aryl methyl sites for hydroxylation is 1. The zero-order chi connectivity index (χ0) is 15.7. The number of fused-ring (bicyclic) bond motifs is 1. The van der Waals surface area contributed by atoms with Crippen LogP contribution in [-0.4, -0.2) is 39.2 Å². The molecular formula is C12H16F2N2O4S. The van der Waals surface area contributed by atoms with Gasteiger partial charge in [-0.2, -0.15) is 0 Å². The van der Waals surface area contributed by atoms with Gasteiger partial charge in [-0.1, -0.05) is 0 Å². The summed E-state index contributed by atoms with van der Waals surface area (Å²) < 4.78 is 57.4. The average molecular weight is 322 g/mol. The van der Waals surface area contributed by atoms with E-state index in [2.05, 4.69) is 0 Å². The zero-order valence-corrected chi connectivity index (χ0v) is 11.9. The number of rotatable bonds is 5. The summed E-state index contributed by atoms with van der Waals surface area (Å²) in [6, 6.07) is 2.78. The molecule has 0 spiro atoms. The predicted octanol–water partition coefficient (Wildman–Crippen LogP) is 0.500. The Morgan fingerprint density at radius 3 is 2.81 bits per heavy atom. The lowest BCUT2D eigenvalue weighted by molar-refractivity contribution is -0.0437. The first kappa shape index (κ1) is 15.9. The van der Waals surface area contributed by atoms with Gasteiger partial charge in [-0.05, 0) is 30.5 Å². The van der Waals surface area contributed by atoms with Crippen LogP contribution in [0.25, 0.3) is 0 Å². The van der Waals surface area contributed by atoms with Gasteiger partial charge in [0.15, 0.2) is 0 Å². The number of benzene rings is 1. The third-order valence-corrected chi connectivity index (χ3v) is 4.44. The summed E-state index contributed by atoms with van der Waals surface area (Å²) in [5.74, 6) is -3.39. The minimum absolute atomic E-state index is 0.148. The van der Waals surface area contributed by atoms with Crippen molar-refractivity contribution in [2.24, 2.45) is 0 Å². The summed E-state index contributed by atoms with van der Waals surface area (Å²) in [5, 5.41) is 8.47. The van der Waals surface area contributed by atoms with E-state index >= 15 is 0 Å². The molecule has 0 unspecified atom stereocenters. The lowest BCUT2D eigenvalue weighted by Gasteiger charge is -2.22. The second-order valence-corrected chi connectivity index (χ2v) is 6.53. The number of aliphatic hydroxyl groups excluding tert-OH is 1. The predicted molar refractivity (Wildman–Crippen MR) is 71.9 cm³/mol. The summed E-state index contributed by atoms with van der Waals surface area (Å²) in [7, 11) is -4.21. The minimum Gasteiger partial charge on any atom is -0.492 e. The van der Waals surface area contributed by atoms with Crippen LogP contribution in [0.3, 0.4) is 0 Å². The Morgan fingerprint density at radius 2 is 2.14 bits per heavy atom. The highest BCUT2D eigenvalue weighted by atomic mass is 32.2. The molecule has 1 heterocycles. The van der Waals surface area contributed by atoms with Crippen LogP contribution >= 0.6 is 0 Å². The number of nitrogens with two attached hydrogens (primary N) is 1. The highest BCUT2D eigenvalue weighted by Gasteiger charge is 2.32. The van der Waals surface area contributed by atoms with Crippen LogP contribution in [-0.2, 0) is 16.4 Å². The number of ether oxygens (including phenoxy) is 1. The van der Waals surface area contributed by atoms with Crippen LogP contribution in [0, 0.1) is 0 Å². The van der Waals surface area contributed by atoms with Gasteiger partial charge in [0.25, 0.3) is 5.92 Å². The molecule has 0 saturated carbocycles. The van der Waals surface area contributed by atoms with E-state index in [9.17, 15) is 17.2 Å². The highest BCUT2D eigenvalue weighted by molar-refractivity contribution is 7.89. The van der Waals surface area contributed by atoms with Crippen molar-refractivity contribution < 1.29 is 27.0 Å². The molecule has 6 nitrogen and oxygen atoms in total. The number of hydrogen-bond donors (Lipinski definition) is 3. The molecule has 0 amide bonds. The molecule has 0 bridgehead atoms. The van der Waals surface area contributed by atoms with E-state index in [1.807, 2.05) is 0 Å². The number of alkyl halides is 2. The van der Waals surface area contributed by atoms with Crippen molar-refractivity contribution in [3.05, 3.63) is 17.7 Å². The first-order chi connectivity index (χ1) is 9.75. The topological polar surface area (TPSA) is 102 Å². The molecule has 21 heavy (non-hydrogen) atoms. The lowest BCUT2D eigenvalue weighted by Crippen LogP contribution is -2.39. The van der Waals surface area contributed by atoms with E-state index in [0.717, 1.165) is 6.42 Å². The molecule has 0 saturated heterocycles. The first-order valence-corrected chi connectivity index (χ1v) is 7.77. The smallest absolute Gasteiger partial charge is 0.283 e. The number of sulfonamides is 1. The lowest BCUT2D eigenvalue weighted by atomic mass is 10.1. The molecule has 0 aromatic heterocycles. The van der Waals surface area contributed by atoms with Crippen LogP contribution in [0.15, 0.2) is 17.0 Å². The fourth-order valence-electron chi connectivity index (χ4n) is 2.00. The second kappa shape index (κ2) is 5.74. The Kier molecular flexibility index (Phi) is 4.35. The minimum atomic E-state index is -4.21. The van der Waals surface area contributed by atoms with Crippen molar-refractivity contribution >= 4 is 15.7 Å². The van der Waals surface area contributed by atoms with Gasteiger partial charge < -0.3 is 15.6 Å². The van der Waals surface area contributed by atoms with Gasteiger partial charge in [0.1, 0.15) is 17.3 Å². The third-order valence-electron chi connectivity index (χ3n) is 3.03. The second-order valence-electron chi connectivity index (χ2n) is 4.80. The molecule has 1 aliphatic heterocycles. The molecular weight excluding hydrogens is 306 g/mol. The van der Waals surface area contributed by atoms with E-state index in [1.165, 1.54) is 6.07 Å². The number of aliphatic hydroxyl groups is 1. The van der Waals surface area contributed by atoms with Gasteiger partial charge in [0.2, 0.25) is 10.0 Å².